The molecule has 0 rings (SSSR count). The van der Waals surface area contributed by atoms with E-state index < -0.39 is 0 Å². The van der Waals surface area contributed by atoms with Gasteiger partial charge >= 0.3 is 0 Å². The fourth-order valence-electron chi connectivity index (χ4n) is 0.879. The quantitative estimate of drug-likeness (QED) is 0.643. The molecule has 0 saturated heterocycles. The first-order chi connectivity index (χ1) is 5.86. The molecule has 0 aromatic carbocycles. The van der Waals surface area contributed by atoms with Crippen molar-refractivity contribution < 1.29 is 4.79 Å². The van der Waals surface area contributed by atoms with Gasteiger partial charge in [0.15, 0.2) is 0 Å². The molecule has 0 aliphatic rings. The van der Waals surface area contributed by atoms with Gasteiger partial charge in [-0.05, 0) is 18.3 Å². The number of carbonyl (C=O) groups excluding carboxylic acids is 1. The van der Waals surface area contributed by atoms with Crippen LogP contribution in [-0.4, -0.2) is 18.9 Å². The third kappa shape index (κ3) is 5.81. The molecule has 1 N–H and O–H groups in total. The summed E-state index contributed by atoms with van der Waals surface area (Å²) in [6.07, 6.45) is 0.647. The first kappa shape index (κ1) is 12.6. The van der Waals surface area contributed by atoms with Crippen molar-refractivity contribution in [2.24, 2.45) is 11.3 Å². The number of carbonyl (C=O) groups is 1. The molecule has 0 aromatic heterocycles. The van der Waals surface area contributed by atoms with Crippen LogP contribution < -0.4 is 5.32 Å². The van der Waals surface area contributed by atoms with Crippen molar-refractivity contribution in [1.29, 1.82) is 0 Å². The topological polar surface area (TPSA) is 29.1 Å². The first-order valence-electron chi connectivity index (χ1n) is 5.06. The SMILES string of the molecule is CC(=O)CCNCC(C)(C)C(C)C. The summed E-state index contributed by atoms with van der Waals surface area (Å²) in [4.78, 5) is 10.7. The lowest BCUT2D eigenvalue weighted by Crippen LogP contribution is -2.34. The molecule has 0 spiro atoms. The zero-order valence-electron chi connectivity index (χ0n) is 9.61. The van der Waals surface area contributed by atoms with Crippen LogP contribution >= 0.6 is 0 Å². The Balaban J connectivity index is 3.58. The number of hydrogen-bond acceptors (Lipinski definition) is 2. The second kappa shape index (κ2) is 5.38. The number of rotatable bonds is 6. The molecular formula is C11H23NO. The highest BCUT2D eigenvalue weighted by atomic mass is 16.1. The van der Waals surface area contributed by atoms with Crippen LogP contribution in [0.15, 0.2) is 0 Å². The van der Waals surface area contributed by atoms with Crippen LogP contribution in [0.25, 0.3) is 0 Å². The van der Waals surface area contributed by atoms with Crippen LogP contribution in [0.1, 0.15) is 41.0 Å². The minimum absolute atomic E-state index is 0.259. The molecule has 2 heteroatoms. The Labute approximate surface area is 82.1 Å². The zero-order valence-corrected chi connectivity index (χ0v) is 9.61. The predicted molar refractivity (Wildman–Crippen MR) is 56.8 cm³/mol. The van der Waals surface area contributed by atoms with Gasteiger partial charge in [0.05, 0.1) is 0 Å². The summed E-state index contributed by atoms with van der Waals surface area (Å²) < 4.78 is 0. The average molecular weight is 185 g/mol. The fraction of sp³-hybridized carbons (Fsp3) is 0.909. The third-order valence-corrected chi connectivity index (χ3v) is 2.80. The van der Waals surface area contributed by atoms with Crippen molar-refractivity contribution >= 4 is 5.78 Å². The van der Waals surface area contributed by atoms with E-state index in [9.17, 15) is 4.79 Å². The molecule has 0 aromatic rings. The van der Waals surface area contributed by atoms with Gasteiger partial charge in [-0.1, -0.05) is 27.7 Å². The summed E-state index contributed by atoms with van der Waals surface area (Å²) in [5.74, 6) is 0.923. The van der Waals surface area contributed by atoms with E-state index >= 15 is 0 Å². The van der Waals surface area contributed by atoms with Gasteiger partial charge in [-0.25, -0.2) is 0 Å². The molecule has 0 atom stereocenters. The molecule has 2 nitrogen and oxygen atoms in total. The van der Waals surface area contributed by atoms with Crippen LogP contribution in [0.5, 0.6) is 0 Å². The minimum atomic E-state index is 0.259. The molecule has 0 aliphatic heterocycles. The van der Waals surface area contributed by atoms with Gasteiger partial charge < -0.3 is 5.32 Å². The summed E-state index contributed by atoms with van der Waals surface area (Å²) >= 11 is 0. The zero-order chi connectivity index (χ0) is 10.5. The summed E-state index contributed by atoms with van der Waals surface area (Å²) in [6.45, 7) is 12.4. The fourth-order valence-corrected chi connectivity index (χ4v) is 0.879. The van der Waals surface area contributed by atoms with Gasteiger partial charge in [0.1, 0.15) is 5.78 Å². The summed E-state index contributed by atoms with van der Waals surface area (Å²) in [5.41, 5.74) is 0.316. The van der Waals surface area contributed by atoms with Crippen molar-refractivity contribution in [3.05, 3.63) is 0 Å². The predicted octanol–water partition coefficient (Wildman–Crippen LogP) is 2.24. The van der Waals surface area contributed by atoms with Crippen molar-refractivity contribution in [2.75, 3.05) is 13.1 Å². The maximum absolute atomic E-state index is 10.7. The van der Waals surface area contributed by atoms with E-state index in [4.69, 9.17) is 0 Å². The number of ketones is 1. The second-order valence-electron chi connectivity index (χ2n) is 4.77. The van der Waals surface area contributed by atoms with Gasteiger partial charge in [0, 0.05) is 19.5 Å². The molecule has 0 bridgehead atoms. The van der Waals surface area contributed by atoms with E-state index in [1.54, 1.807) is 6.92 Å². The van der Waals surface area contributed by atoms with Gasteiger partial charge in [-0.2, -0.15) is 0 Å². The van der Waals surface area contributed by atoms with Gasteiger partial charge in [0.25, 0.3) is 0 Å². The molecule has 0 fully saturated rings. The summed E-state index contributed by atoms with van der Waals surface area (Å²) in [5, 5.41) is 3.32. The van der Waals surface area contributed by atoms with Crippen LogP contribution in [0.2, 0.25) is 0 Å². The second-order valence-corrected chi connectivity index (χ2v) is 4.77. The van der Waals surface area contributed by atoms with Crippen molar-refractivity contribution in [3.63, 3.8) is 0 Å². The Hall–Kier alpha value is -0.370. The smallest absolute Gasteiger partial charge is 0.131 e. The van der Waals surface area contributed by atoms with Crippen molar-refractivity contribution in [1.82, 2.24) is 5.32 Å². The largest absolute Gasteiger partial charge is 0.316 e. The standard InChI is InChI=1S/C11H23NO/c1-9(2)11(4,5)8-12-7-6-10(3)13/h9,12H,6-8H2,1-5H3. The highest BCUT2D eigenvalue weighted by Crippen LogP contribution is 2.24. The number of Topliss-reactive ketones (excluding diaryl/α,β-unsaturated/α-hetero) is 1. The molecule has 0 heterocycles. The molecule has 78 valence electrons. The third-order valence-electron chi connectivity index (χ3n) is 2.80. The maximum Gasteiger partial charge on any atom is 0.131 e. The average Bonchev–Trinajstić information content (AvgIpc) is 1.97. The van der Waals surface area contributed by atoms with E-state index in [1.807, 2.05) is 0 Å². The lowest BCUT2D eigenvalue weighted by atomic mass is 9.81. The lowest BCUT2D eigenvalue weighted by Gasteiger charge is -2.29. The van der Waals surface area contributed by atoms with E-state index in [0.29, 0.717) is 17.8 Å². The Kier molecular flexibility index (Phi) is 5.23. The Morgan fingerprint density at radius 2 is 1.92 bits per heavy atom. The molecule has 13 heavy (non-hydrogen) atoms. The Morgan fingerprint density at radius 1 is 1.38 bits per heavy atom. The van der Waals surface area contributed by atoms with E-state index in [2.05, 4.69) is 33.0 Å². The van der Waals surface area contributed by atoms with Crippen molar-refractivity contribution in [2.45, 2.75) is 41.0 Å². The van der Waals surface area contributed by atoms with Gasteiger partial charge in [0.2, 0.25) is 0 Å². The minimum Gasteiger partial charge on any atom is -0.316 e. The van der Waals surface area contributed by atoms with Crippen LogP contribution in [0.3, 0.4) is 0 Å². The van der Waals surface area contributed by atoms with Gasteiger partial charge in [-0.15, -0.1) is 0 Å². The maximum atomic E-state index is 10.7. The number of hydrogen-bond donors (Lipinski definition) is 1. The molecule has 0 saturated carbocycles. The van der Waals surface area contributed by atoms with Gasteiger partial charge in [-0.3, -0.25) is 4.79 Å². The van der Waals surface area contributed by atoms with Crippen LogP contribution in [0, 0.1) is 11.3 Å². The highest BCUT2D eigenvalue weighted by Gasteiger charge is 2.21. The molecule has 0 amide bonds. The molecule has 0 unspecified atom stereocenters. The first-order valence-corrected chi connectivity index (χ1v) is 5.06. The monoisotopic (exact) mass is 185 g/mol. The van der Waals surface area contributed by atoms with E-state index in [-0.39, 0.29) is 5.78 Å². The summed E-state index contributed by atoms with van der Waals surface area (Å²) in [7, 11) is 0. The Bertz CT molecular complexity index is 161. The summed E-state index contributed by atoms with van der Waals surface area (Å²) in [6, 6.07) is 0. The Morgan fingerprint density at radius 3 is 2.31 bits per heavy atom. The molecule has 0 radical (unpaired) electrons. The highest BCUT2D eigenvalue weighted by molar-refractivity contribution is 5.75. The van der Waals surface area contributed by atoms with E-state index in [1.165, 1.54) is 0 Å². The molecular weight excluding hydrogens is 162 g/mol. The lowest BCUT2D eigenvalue weighted by molar-refractivity contribution is -0.116. The van der Waals surface area contributed by atoms with Crippen LogP contribution in [0.4, 0.5) is 0 Å². The molecule has 0 aliphatic carbocycles. The van der Waals surface area contributed by atoms with Crippen LogP contribution in [-0.2, 0) is 4.79 Å². The normalized spacial score (nSPS) is 12.2. The number of nitrogens with one attached hydrogen (secondary N) is 1. The van der Waals surface area contributed by atoms with Crippen molar-refractivity contribution in [3.8, 4) is 0 Å². The van der Waals surface area contributed by atoms with E-state index in [0.717, 1.165) is 13.1 Å².